The summed E-state index contributed by atoms with van der Waals surface area (Å²) in [4.78, 5) is 37.7. The lowest BCUT2D eigenvalue weighted by Gasteiger charge is -2.18. The van der Waals surface area contributed by atoms with Crippen molar-refractivity contribution in [2.45, 2.75) is 348 Å². The first-order valence-electron chi connectivity index (χ1n) is 29.5. The van der Waals surface area contributed by atoms with Gasteiger partial charge in [0.1, 0.15) is 13.2 Å². The lowest BCUT2D eigenvalue weighted by atomic mass is 10.0. The van der Waals surface area contributed by atoms with Crippen LogP contribution in [0.4, 0.5) is 0 Å². The van der Waals surface area contributed by atoms with E-state index in [1.54, 1.807) is 0 Å². The molecule has 6 nitrogen and oxygen atoms in total. The fraction of sp³-hybridized carbons (Fsp3) is 0.949. The number of carbonyl (C=O) groups excluding carboxylic acids is 3. The summed E-state index contributed by atoms with van der Waals surface area (Å²) in [6.45, 7) is 6.62. The standard InChI is InChI=1S/C59H114O6/c1-4-7-10-13-16-18-20-21-22-23-24-25-26-27-28-29-30-31-32-33-34-35-36-37-38-40-41-43-46-49-52-58(61)64-55-56(54-63-57(60)51-48-45-15-12-9-6-3)65-59(62)53-50-47-44-42-39-19-17-14-11-8-5-2/h56H,4-55H2,1-3H3. The van der Waals surface area contributed by atoms with Gasteiger partial charge in [0.25, 0.3) is 0 Å². The Morgan fingerprint density at radius 2 is 0.415 bits per heavy atom. The second-order valence-electron chi connectivity index (χ2n) is 20.3. The van der Waals surface area contributed by atoms with Crippen LogP contribution >= 0.6 is 0 Å². The molecular weight excluding hydrogens is 805 g/mol. The predicted molar refractivity (Wildman–Crippen MR) is 280 cm³/mol. The Balaban J connectivity index is 3.87. The number of ether oxygens (including phenoxy) is 3. The van der Waals surface area contributed by atoms with E-state index in [9.17, 15) is 14.4 Å². The Morgan fingerprint density at radius 1 is 0.246 bits per heavy atom. The van der Waals surface area contributed by atoms with Crippen molar-refractivity contribution in [3.63, 3.8) is 0 Å². The van der Waals surface area contributed by atoms with Crippen LogP contribution in [0.15, 0.2) is 0 Å². The smallest absolute Gasteiger partial charge is 0.306 e. The van der Waals surface area contributed by atoms with Crippen LogP contribution in [-0.2, 0) is 28.6 Å². The summed E-state index contributed by atoms with van der Waals surface area (Å²) in [6, 6.07) is 0. The minimum Gasteiger partial charge on any atom is -0.462 e. The highest BCUT2D eigenvalue weighted by Crippen LogP contribution is 2.18. The summed E-state index contributed by atoms with van der Waals surface area (Å²) in [7, 11) is 0. The van der Waals surface area contributed by atoms with Gasteiger partial charge in [0, 0.05) is 19.3 Å². The minimum atomic E-state index is -0.758. The fourth-order valence-electron chi connectivity index (χ4n) is 9.15. The predicted octanol–water partition coefficient (Wildman–Crippen LogP) is 19.5. The Hall–Kier alpha value is -1.59. The van der Waals surface area contributed by atoms with E-state index in [1.807, 2.05) is 0 Å². The van der Waals surface area contributed by atoms with Gasteiger partial charge in [0.2, 0.25) is 0 Å². The summed E-state index contributed by atoms with van der Waals surface area (Å²) in [5.74, 6) is -0.852. The maximum atomic E-state index is 12.7. The van der Waals surface area contributed by atoms with E-state index < -0.39 is 6.10 Å². The molecule has 0 aromatic carbocycles. The largest absolute Gasteiger partial charge is 0.462 e. The highest BCUT2D eigenvalue weighted by Gasteiger charge is 2.19. The van der Waals surface area contributed by atoms with Crippen LogP contribution in [0.5, 0.6) is 0 Å². The lowest BCUT2D eigenvalue weighted by Crippen LogP contribution is -2.30. The van der Waals surface area contributed by atoms with Crippen molar-refractivity contribution < 1.29 is 28.6 Å². The van der Waals surface area contributed by atoms with Crippen LogP contribution in [0.2, 0.25) is 0 Å². The van der Waals surface area contributed by atoms with E-state index in [0.717, 1.165) is 57.8 Å². The van der Waals surface area contributed by atoms with Crippen molar-refractivity contribution in [2.24, 2.45) is 0 Å². The Bertz CT molecular complexity index is 967. The first kappa shape index (κ1) is 63.4. The van der Waals surface area contributed by atoms with Gasteiger partial charge in [-0.2, -0.15) is 0 Å². The zero-order chi connectivity index (χ0) is 47.2. The molecule has 6 heteroatoms. The molecule has 0 saturated heterocycles. The molecule has 65 heavy (non-hydrogen) atoms. The van der Waals surface area contributed by atoms with Crippen LogP contribution in [-0.4, -0.2) is 37.2 Å². The summed E-state index contributed by atoms with van der Waals surface area (Å²) < 4.78 is 16.7. The van der Waals surface area contributed by atoms with Gasteiger partial charge in [0.05, 0.1) is 0 Å². The number of carbonyl (C=O) groups is 3. The number of hydrogen-bond acceptors (Lipinski definition) is 6. The second kappa shape index (κ2) is 55.0. The topological polar surface area (TPSA) is 78.9 Å². The zero-order valence-corrected chi connectivity index (χ0v) is 44.3. The number of unbranched alkanes of at least 4 members (excludes halogenated alkanes) is 44. The van der Waals surface area contributed by atoms with Crippen molar-refractivity contribution >= 4 is 17.9 Å². The third kappa shape index (κ3) is 53.2. The quantitative estimate of drug-likeness (QED) is 0.0344. The van der Waals surface area contributed by atoms with Gasteiger partial charge in [-0.15, -0.1) is 0 Å². The van der Waals surface area contributed by atoms with Crippen LogP contribution in [0, 0.1) is 0 Å². The number of rotatable bonds is 55. The van der Waals surface area contributed by atoms with E-state index in [1.165, 1.54) is 244 Å². The molecule has 0 aliphatic rings. The molecule has 0 saturated carbocycles. The van der Waals surface area contributed by atoms with Crippen molar-refractivity contribution in [1.29, 1.82) is 0 Å². The van der Waals surface area contributed by atoms with E-state index in [0.29, 0.717) is 19.3 Å². The normalized spacial score (nSPS) is 11.9. The van der Waals surface area contributed by atoms with Crippen molar-refractivity contribution in [3.8, 4) is 0 Å². The van der Waals surface area contributed by atoms with Crippen molar-refractivity contribution in [2.75, 3.05) is 13.2 Å². The highest BCUT2D eigenvalue weighted by atomic mass is 16.6. The molecule has 0 aromatic rings. The third-order valence-corrected chi connectivity index (χ3v) is 13.6. The summed E-state index contributed by atoms with van der Waals surface area (Å²) in [6.07, 6.45) is 61.6. The van der Waals surface area contributed by atoms with E-state index in [2.05, 4.69) is 20.8 Å². The maximum Gasteiger partial charge on any atom is 0.306 e. The van der Waals surface area contributed by atoms with E-state index >= 15 is 0 Å². The van der Waals surface area contributed by atoms with E-state index in [4.69, 9.17) is 14.2 Å². The lowest BCUT2D eigenvalue weighted by molar-refractivity contribution is -0.167. The van der Waals surface area contributed by atoms with Crippen LogP contribution in [0.25, 0.3) is 0 Å². The Kier molecular flexibility index (Phi) is 53.7. The molecule has 0 heterocycles. The SMILES string of the molecule is CCCCCCCCCCCCCCCCCCCCCCCCCCCCCCCCC(=O)OCC(COC(=O)CCCCCCCC)OC(=O)CCCCCCCCCCCCC. The highest BCUT2D eigenvalue weighted by molar-refractivity contribution is 5.71. The van der Waals surface area contributed by atoms with Crippen molar-refractivity contribution in [3.05, 3.63) is 0 Å². The average molecular weight is 920 g/mol. The molecule has 0 N–H and O–H groups in total. The third-order valence-electron chi connectivity index (χ3n) is 13.6. The molecule has 0 spiro atoms. The first-order chi connectivity index (χ1) is 32.0. The van der Waals surface area contributed by atoms with Gasteiger partial charge in [-0.1, -0.05) is 303 Å². The molecule has 0 amide bonds. The monoisotopic (exact) mass is 919 g/mol. The van der Waals surface area contributed by atoms with Crippen molar-refractivity contribution in [1.82, 2.24) is 0 Å². The average Bonchev–Trinajstić information content (AvgIpc) is 3.30. The molecule has 0 aliphatic heterocycles. The summed E-state index contributed by atoms with van der Waals surface area (Å²) >= 11 is 0. The molecule has 0 aromatic heterocycles. The number of esters is 3. The van der Waals surface area contributed by atoms with Gasteiger partial charge in [-0.3, -0.25) is 14.4 Å². The van der Waals surface area contributed by atoms with Crippen LogP contribution in [0.1, 0.15) is 342 Å². The van der Waals surface area contributed by atoms with Gasteiger partial charge in [0.15, 0.2) is 6.10 Å². The molecule has 1 atom stereocenters. The molecule has 0 bridgehead atoms. The number of hydrogen-bond donors (Lipinski definition) is 0. The Labute approximate surface area is 406 Å². The van der Waals surface area contributed by atoms with Crippen LogP contribution < -0.4 is 0 Å². The molecule has 0 radical (unpaired) electrons. The zero-order valence-electron chi connectivity index (χ0n) is 44.3. The fourth-order valence-corrected chi connectivity index (χ4v) is 9.15. The van der Waals surface area contributed by atoms with E-state index in [-0.39, 0.29) is 31.1 Å². The van der Waals surface area contributed by atoms with Gasteiger partial charge < -0.3 is 14.2 Å². The molecule has 0 rings (SSSR count). The first-order valence-corrected chi connectivity index (χ1v) is 29.5. The molecule has 1 unspecified atom stereocenters. The second-order valence-corrected chi connectivity index (χ2v) is 20.3. The summed E-state index contributed by atoms with van der Waals surface area (Å²) in [5.41, 5.74) is 0. The Morgan fingerprint density at radius 3 is 0.615 bits per heavy atom. The minimum absolute atomic E-state index is 0.0628. The van der Waals surface area contributed by atoms with Crippen LogP contribution in [0.3, 0.4) is 0 Å². The van der Waals surface area contributed by atoms with Gasteiger partial charge >= 0.3 is 17.9 Å². The molecular formula is C59H114O6. The maximum absolute atomic E-state index is 12.7. The van der Waals surface area contributed by atoms with Gasteiger partial charge in [-0.25, -0.2) is 0 Å². The molecule has 0 fully saturated rings. The van der Waals surface area contributed by atoms with Gasteiger partial charge in [-0.05, 0) is 19.3 Å². The molecule has 386 valence electrons. The summed E-state index contributed by atoms with van der Waals surface area (Å²) in [5, 5.41) is 0. The molecule has 0 aliphatic carbocycles.